The number of rotatable bonds is 7. The number of carbonyl (C=O) groups excluding carboxylic acids is 3. The zero-order valence-corrected chi connectivity index (χ0v) is 16.6. The van der Waals surface area contributed by atoms with Gasteiger partial charge in [0.15, 0.2) is 22.6 Å². The highest BCUT2D eigenvalue weighted by atomic mass is 32.1. The molecule has 1 aromatic carbocycles. The molecule has 0 atom stereocenters. The van der Waals surface area contributed by atoms with Gasteiger partial charge >= 0.3 is 0 Å². The summed E-state index contributed by atoms with van der Waals surface area (Å²) in [6.07, 6.45) is -0.155. The fraction of sp³-hybridized carbons (Fsp3) is 0.111. The first-order valence-corrected chi connectivity index (χ1v) is 10.1. The zero-order chi connectivity index (χ0) is 21.7. The van der Waals surface area contributed by atoms with Gasteiger partial charge in [-0.2, -0.15) is 0 Å². The number of nitrogens with zero attached hydrogens (tertiary/aromatic N) is 1. The molecule has 0 aliphatic carbocycles. The van der Waals surface area contributed by atoms with Crippen molar-refractivity contribution < 1.29 is 27.6 Å². The minimum Gasteiger partial charge on any atom is -0.347 e. The van der Waals surface area contributed by atoms with Crippen LogP contribution in [0.15, 0.2) is 35.0 Å². The van der Waals surface area contributed by atoms with Crippen LogP contribution in [0.4, 0.5) is 24.0 Å². The molecule has 0 spiro atoms. The largest absolute Gasteiger partial charge is 0.347 e. The third-order valence-electron chi connectivity index (χ3n) is 3.61. The summed E-state index contributed by atoms with van der Waals surface area (Å²) >= 11 is 2.42. The minimum atomic E-state index is -1.71. The maximum absolute atomic E-state index is 13.5. The average Bonchev–Trinajstić information content (AvgIpc) is 3.39. The number of hydrogen-bond donors (Lipinski definition) is 3. The van der Waals surface area contributed by atoms with Crippen LogP contribution in [0.5, 0.6) is 0 Å². The number of halogens is 3. The highest BCUT2D eigenvalue weighted by Crippen LogP contribution is 2.20. The lowest BCUT2D eigenvalue weighted by molar-refractivity contribution is -0.123. The third-order valence-corrected chi connectivity index (χ3v) is 5.29. The van der Waals surface area contributed by atoms with Crippen LogP contribution in [0.2, 0.25) is 0 Å². The van der Waals surface area contributed by atoms with Gasteiger partial charge in [0, 0.05) is 5.38 Å². The van der Waals surface area contributed by atoms with Crippen LogP contribution >= 0.6 is 22.7 Å². The Balaban J connectivity index is 1.47. The number of thiophene rings is 1. The van der Waals surface area contributed by atoms with Crippen molar-refractivity contribution in [2.45, 2.75) is 6.42 Å². The van der Waals surface area contributed by atoms with Gasteiger partial charge in [0.2, 0.25) is 11.8 Å². The molecule has 0 bridgehead atoms. The van der Waals surface area contributed by atoms with Gasteiger partial charge in [-0.05, 0) is 23.6 Å². The van der Waals surface area contributed by atoms with Crippen molar-refractivity contribution in [2.24, 2.45) is 0 Å². The molecule has 2 heterocycles. The van der Waals surface area contributed by atoms with Gasteiger partial charge in [0.1, 0.15) is 0 Å². The Kier molecular flexibility index (Phi) is 6.79. The van der Waals surface area contributed by atoms with Crippen LogP contribution in [0, 0.1) is 17.5 Å². The maximum atomic E-state index is 13.5. The van der Waals surface area contributed by atoms with E-state index >= 15 is 0 Å². The molecule has 12 heteroatoms. The van der Waals surface area contributed by atoms with E-state index < -0.39 is 41.5 Å². The van der Waals surface area contributed by atoms with E-state index in [2.05, 4.69) is 15.6 Å². The van der Waals surface area contributed by atoms with Crippen molar-refractivity contribution in [3.63, 3.8) is 0 Å². The third kappa shape index (κ3) is 5.42. The van der Waals surface area contributed by atoms with Crippen LogP contribution < -0.4 is 16.0 Å². The molecule has 3 amide bonds. The minimum absolute atomic E-state index is 0.155. The molecule has 30 heavy (non-hydrogen) atoms. The van der Waals surface area contributed by atoms with Crippen LogP contribution in [0.3, 0.4) is 0 Å². The van der Waals surface area contributed by atoms with E-state index in [1.807, 2.05) is 5.32 Å². The van der Waals surface area contributed by atoms with Crippen molar-refractivity contribution in [2.75, 3.05) is 17.2 Å². The molecule has 0 saturated carbocycles. The lowest BCUT2D eigenvalue weighted by Gasteiger charge is -2.08. The second-order valence-corrected chi connectivity index (χ2v) is 7.61. The molecule has 0 unspecified atom stereocenters. The van der Waals surface area contributed by atoms with Crippen molar-refractivity contribution in [1.29, 1.82) is 0 Å². The lowest BCUT2D eigenvalue weighted by Crippen LogP contribution is -2.34. The van der Waals surface area contributed by atoms with E-state index in [0.717, 1.165) is 17.4 Å². The molecule has 3 rings (SSSR count). The molecule has 0 radical (unpaired) electrons. The van der Waals surface area contributed by atoms with Gasteiger partial charge in [-0.1, -0.05) is 6.07 Å². The van der Waals surface area contributed by atoms with E-state index in [4.69, 9.17) is 0 Å². The van der Waals surface area contributed by atoms with E-state index in [1.54, 1.807) is 22.9 Å². The number of nitrogens with one attached hydrogen (secondary N) is 3. The Bertz CT molecular complexity index is 1090. The second kappa shape index (κ2) is 9.50. The van der Waals surface area contributed by atoms with Gasteiger partial charge < -0.3 is 10.6 Å². The molecule has 156 valence electrons. The number of benzene rings is 1. The molecule has 7 nitrogen and oxygen atoms in total. The summed E-state index contributed by atoms with van der Waals surface area (Å²) in [4.78, 5) is 40.4. The summed E-state index contributed by atoms with van der Waals surface area (Å²) in [6, 6.07) is 4.95. The summed E-state index contributed by atoms with van der Waals surface area (Å²) < 4.78 is 39.6. The number of anilines is 2. The van der Waals surface area contributed by atoms with Gasteiger partial charge in [-0.3, -0.25) is 19.7 Å². The first-order valence-electron chi connectivity index (χ1n) is 8.33. The van der Waals surface area contributed by atoms with E-state index in [1.165, 1.54) is 11.3 Å². The molecule has 2 aromatic heterocycles. The van der Waals surface area contributed by atoms with Gasteiger partial charge in [-0.25, -0.2) is 18.2 Å². The summed E-state index contributed by atoms with van der Waals surface area (Å²) in [5.74, 6) is -6.30. The topological polar surface area (TPSA) is 100 Å². The molecule has 0 fully saturated rings. The van der Waals surface area contributed by atoms with Gasteiger partial charge in [-0.15, -0.1) is 22.7 Å². The predicted octanol–water partition coefficient (Wildman–Crippen LogP) is 3.17. The van der Waals surface area contributed by atoms with E-state index in [0.29, 0.717) is 21.8 Å². The molecular formula is C18H13F3N4O3S2. The SMILES string of the molecule is O=C(Cc1csc(NC(=O)c2cccs2)n1)NCC(=O)Nc1ccc(F)c(F)c1F. The van der Waals surface area contributed by atoms with Crippen LogP contribution in [-0.4, -0.2) is 29.3 Å². The fourth-order valence-corrected chi connectivity index (χ4v) is 3.56. The quantitative estimate of drug-likeness (QED) is 0.478. The maximum Gasteiger partial charge on any atom is 0.267 e. The second-order valence-electron chi connectivity index (χ2n) is 5.80. The highest BCUT2D eigenvalue weighted by Gasteiger charge is 2.16. The Morgan fingerprint density at radius 3 is 2.50 bits per heavy atom. The van der Waals surface area contributed by atoms with Crippen LogP contribution in [-0.2, 0) is 16.0 Å². The molecule has 3 N–H and O–H groups in total. The van der Waals surface area contributed by atoms with Gasteiger partial charge in [0.05, 0.1) is 29.2 Å². The first-order chi connectivity index (χ1) is 14.3. The van der Waals surface area contributed by atoms with Crippen LogP contribution in [0.25, 0.3) is 0 Å². The lowest BCUT2D eigenvalue weighted by atomic mass is 10.2. The van der Waals surface area contributed by atoms with Crippen molar-refractivity contribution in [3.8, 4) is 0 Å². The molecule has 0 saturated heterocycles. The first kappa shape index (κ1) is 21.5. The number of amides is 3. The summed E-state index contributed by atoms with van der Waals surface area (Å²) in [7, 11) is 0. The molecule has 0 aliphatic heterocycles. The highest BCUT2D eigenvalue weighted by molar-refractivity contribution is 7.14. The zero-order valence-electron chi connectivity index (χ0n) is 15.0. The molecule has 0 aliphatic rings. The number of hydrogen-bond acceptors (Lipinski definition) is 6. The predicted molar refractivity (Wildman–Crippen MR) is 106 cm³/mol. The summed E-state index contributed by atoms with van der Waals surface area (Å²) in [6.45, 7) is -0.511. The smallest absolute Gasteiger partial charge is 0.267 e. The Labute approximate surface area is 176 Å². The van der Waals surface area contributed by atoms with Crippen molar-refractivity contribution in [3.05, 3.63) is 63.0 Å². The van der Waals surface area contributed by atoms with Crippen LogP contribution in [0.1, 0.15) is 15.4 Å². The Morgan fingerprint density at radius 2 is 1.77 bits per heavy atom. The average molecular weight is 454 g/mol. The summed E-state index contributed by atoms with van der Waals surface area (Å²) in [5, 5.41) is 10.6. The van der Waals surface area contributed by atoms with E-state index in [-0.39, 0.29) is 12.3 Å². The van der Waals surface area contributed by atoms with Crippen molar-refractivity contribution >= 4 is 51.2 Å². The monoisotopic (exact) mass is 454 g/mol. The summed E-state index contributed by atoms with van der Waals surface area (Å²) in [5.41, 5.74) is -0.162. The standard InChI is InChI=1S/C18H13F3N4O3S2/c19-10-3-4-11(16(21)15(10)20)24-14(27)7-22-13(26)6-9-8-30-18(23-9)25-17(28)12-2-1-5-29-12/h1-5,8H,6-7H2,(H,22,26)(H,24,27)(H,23,25,28). The number of carbonyl (C=O) groups is 3. The number of aromatic nitrogens is 1. The Hall–Kier alpha value is -3.25. The van der Waals surface area contributed by atoms with E-state index in [9.17, 15) is 27.6 Å². The normalized spacial score (nSPS) is 10.5. The molecular weight excluding hydrogens is 441 g/mol. The van der Waals surface area contributed by atoms with Gasteiger partial charge in [0.25, 0.3) is 5.91 Å². The van der Waals surface area contributed by atoms with Crippen molar-refractivity contribution in [1.82, 2.24) is 10.3 Å². The Morgan fingerprint density at radius 1 is 0.967 bits per heavy atom. The fourth-order valence-electron chi connectivity index (χ4n) is 2.23. The number of thiazole rings is 1. The molecule has 3 aromatic rings.